The van der Waals surface area contributed by atoms with Gasteiger partial charge in [0.25, 0.3) is 0 Å². The zero-order valence-electron chi connectivity index (χ0n) is 9.85. The molecule has 0 radical (unpaired) electrons. The number of carbonyl (C=O) groups excluding carboxylic acids is 1. The molecule has 6 heteroatoms. The van der Waals surface area contributed by atoms with Gasteiger partial charge in [-0.25, -0.2) is 9.59 Å². The van der Waals surface area contributed by atoms with Crippen LogP contribution in [0, 0.1) is 0 Å². The number of hydrogen-bond donors (Lipinski definition) is 2. The molecule has 0 amide bonds. The maximum atomic E-state index is 11.8. The van der Waals surface area contributed by atoms with Gasteiger partial charge in [-0.2, -0.15) is 0 Å². The minimum absolute atomic E-state index is 0.0739. The molecule has 5 nitrogen and oxygen atoms in total. The van der Waals surface area contributed by atoms with E-state index in [0.29, 0.717) is 11.4 Å². The molecule has 1 atom stereocenters. The van der Waals surface area contributed by atoms with Crippen molar-refractivity contribution in [1.29, 1.82) is 0 Å². The van der Waals surface area contributed by atoms with Crippen LogP contribution in [0.15, 0.2) is 18.2 Å². The number of hydrogen-bond acceptors (Lipinski definition) is 4. The summed E-state index contributed by atoms with van der Waals surface area (Å²) in [6.07, 6.45) is -0.322. The van der Waals surface area contributed by atoms with E-state index in [2.05, 4.69) is 0 Å². The van der Waals surface area contributed by atoms with E-state index in [-0.39, 0.29) is 17.7 Å². The minimum atomic E-state index is -1.18. The number of nitrogen functional groups attached to an aromatic ring is 1. The first kappa shape index (κ1) is 14.3. The molecular formula is C12H14ClNO4. The van der Waals surface area contributed by atoms with E-state index in [1.54, 1.807) is 6.92 Å². The van der Waals surface area contributed by atoms with Gasteiger partial charge in [0, 0.05) is 10.7 Å². The maximum Gasteiger partial charge on any atom is 0.345 e. The second kappa shape index (κ2) is 6.26. The summed E-state index contributed by atoms with van der Waals surface area (Å²) < 4.78 is 4.90. The molecular weight excluding hydrogens is 258 g/mol. The van der Waals surface area contributed by atoms with Crippen LogP contribution in [0.2, 0.25) is 5.02 Å². The standard InChI is InChI=1S/C12H14ClNO4/c1-2-3-10(11(15)16)18-12(17)8-6-7(13)4-5-9(8)14/h4-6,10H,2-3,14H2,1H3,(H,15,16). The molecule has 0 heterocycles. The van der Waals surface area contributed by atoms with Crippen LogP contribution in [0.25, 0.3) is 0 Å². The molecule has 98 valence electrons. The first-order valence-corrected chi connectivity index (χ1v) is 5.82. The topological polar surface area (TPSA) is 89.6 Å². The van der Waals surface area contributed by atoms with Crippen molar-refractivity contribution in [2.24, 2.45) is 0 Å². The molecule has 0 saturated heterocycles. The lowest BCUT2D eigenvalue weighted by atomic mass is 10.1. The second-order valence-corrected chi connectivity index (χ2v) is 4.19. The maximum absolute atomic E-state index is 11.8. The lowest BCUT2D eigenvalue weighted by Crippen LogP contribution is -2.27. The van der Waals surface area contributed by atoms with Gasteiger partial charge in [-0.3, -0.25) is 0 Å². The summed E-state index contributed by atoms with van der Waals surface area (Å²) in [4.78, 5) is 22.7. The van der Waals surface area contributed by atoms with Crippen molar-refractivity contribution < 1.29 is 19.4 Å². The Hall–Kier alpha value is -1.75. The fourth-order valence-corrected chi connectivity index (χ4v) is 1.57. The molecule has 0 spiro atoms. The number of halogens is 1. The first-order chi connectivity index (χ1) is 8.45. The second-order valence-electron chi connectivity index (χ2n) is 3.75. The van der Waals surface area contributed by atoms with E-state index in [4.69, 9.17) is 27.2 Å². The number of carboxylic acid groups (broad SMARTS) is 1. The molecule has 3 N–H and O–H groups in total. The molecule has 0 bridgehead atoms. The number of carboxylic acids is 1. The van der Waals surface area contributed by atoms with Gasteiger partial charge in [-0.05, 0) is 24.6 Å². The Morgan fingerprint density at radius 1 is 1.50 bits per heavy atom. The number of benzene rings is 1. The Kier molecular flexibility index (Phi) is 4.97. The minimum Gasteiger partial charge on any atom is -0.479 e. The summed E-state index contributed by atoms with van der Waals surface area (Å²) in [5.41, 5.74) is 5.88. The Labute approximate surface area is 109 Å². The van der Waals surface area contributed by atoms with Gasteiger partial charge in [-0.1, -0.05) is 24.9 Å². The normalized spacial score (nSPS) is 11.9. The molecule has 1 aromatic carbocycles. The van der Waals surface area contributed by atoms with Crippen LogP contribution in [0.4, 0.5) is 5.69 Å². The molecule has 18 heavy (non-hydrogen) atoms. The lowest BCUT2D eigenvalue weighted by Gasteiger charge is -2.13. The molecule has 0 aliphatic heterocycles. The first-order valence-electron chi connectivity index (χ1n) is 5.44. The third kappa shape index (κ3) is 3.63. The van der Waals surface area contributed by atoms with Gasteiger partial charge >= 0.3 is 11.9 Å². The smallest absolute Gasteiger partial charge is 0.345 e. The van der Waals surface area contributed by atoms with E-state index < -0.39 is 18.0 Å². The Balaban J connectivity index is 2.86. The highest BCUT2D eigenvalue weighted by Crippen LogP contribution is 2.19. The van der Waals surface area contributed by atoms with Gasteiger partial charge in [0.2, 0.25) is 0 Å². The van der Waals surface area contributed by atoms with Gasteiger partial charge in [0.15, 0.2) is 6.10 Å². The monoisotopic (exact) mass is 271 g/mol. The average Bonchev–Trinajstić information content (AvgIpc) is 2.31. The molecule has 0 aliphatic carbocycles. The van der Waals surface area contributed by atoms with Crippen molar-refractivity contribution in [1.82, 2.24) is 0 Å². The fraction of sp³-hybridized carbons (Fsp3) is 0.333. The van der Waals surface area contributed by atoms with Crippen LogP contribution >= 0.6 is 11.6 Å². The Bertz CT molecular complexity index is 461. The SMILES string of the molecule is CCCC(OC(=O)c1cc(Cl)ccc1N)C(=O)O. The molecule has 1 rings (SSSR count). The quantitative estimate of drug-likeness (QED) is 0.634. The number of rotatable bonds is 5. The number of nitrogens with two attached hydrogens (primary N) is 1. The predicted octanol–water partition coefficient (Wildman–Crippen LogP) is 2.33. The number of esters is 1. The highest BCUT2D eigenvalue weighted by molar-refractivity contribution is 6.31. The van der Waals surface area contributed by atoms with Gasteiger partial charge in [-0.15, -0.1) is 0 Å². The number of carbonyl (C=O) groups is 2. The zero-order valence-corrected chi connectivity index (χ0v) is 10.6. The predicted molar refractivity (Wildman–Crippen MR) is 67.6 cm³/mol. The van der Waals surface area contributed by atoms with Crippen molar-refractivity contribution in [3.63, 3.8) is 0 Å². The molecule has 0 aliphatic rings. The van der Waals surface area contributed by atoms with Crippen LogP contribution < -0.4 is 5.73 Å². The van der Waals surface area contributed by atoms with Crippen molar-refractivity contribution in [3.05, 3.63) is 28.8 Å². The molecule has 0 aromatic heterocycles. The number of ether oxygens (including phenoxy) is 1. The third-order valence-electron chi connectivity index (χ3n) is 2.31. The molecule has 0 fully saturated rings. The van der Waals surface area contributed by atoms with Crippen LogP contribution in [-0.4, -0.2) is 23.1 Å². The largest absolute Gasteiger partial charge is 0.479 e. The van der Waals surface area contributed by atoms with E-state index in [9.17, 15) is 9.59 Å². The van der Waals surface area contributed by atoms with Crippen LogP contribution in [0.1, 0.15) is 30.1 Å². The number of aliphatic carboxylic acids is 1. The molecule has 1 aromatic rings. The van der Waals surface area contributed by atoms with E-state index in [1.165, 1.54) is 18.2 Å². The zero-order chi connectivity index (χ0) is 13.7. The van der Waals surface area contributed by atoms with Crippen molar-refractivity contribution >= 4 is 29.2 Å². The fourth-order valence-electron chi connectivity index (χ4n) is 1.39. The summed E-state index contributed by atoms with van der Waals surface area (Å²) in [7, 11) is 0. The Morgan fingerprint density at radius 2 is 2.17 bits per heavy atom. The average molecular weight is 272 g/mol. The molecule has 1 unspecified atom stereocenters. The number of anilines is 1. The van der Waals surface area contributed by atoms with Crippen LogP contribution in [0.3, 0.4) is 0 Å². The van der Waals surface area contributed by atoms with Crippen molar-refractivity contribution in [2.75, 3.05) is 5.73 Å². The van der Waals surface area contributed by atoms with E-state index in [0.717, 1.165) is 0 Å². The summed E-state index contributed by atoms with van der Waals surface area (Å²) in [5.74, 6) is -1.96. The summed E-state index contributed by atoms with van der Waals surface area (Å²) in [5, 5.41) is 9.22. The van der Waals surface area contributed by atoms with E-state index in [1.807, 2.05) is 0 Å². The summed E-state index contributed by atoms with van der Waals surface area (Å²) in [6.45, 7) is 1.80. The highest BCUT2D eigenvalue weighted by atomic mass is 35.5. The van der Waals surface area contributed by atoms with Gasteiger partial charge < -0.3 is 15.6 Å². The lowest BCUT2D eigenvalue weighted by molar-refractivity contribution is -0.147. The third-order valence-corrected chi connectivity index (χ3v) is 2.55. The summed E-state index contributed by atoms with van der Waals surface area (Å²) >= 11 is 5.74. The van der Waals surface area contributed by atoms with Crippen LogP contribution in [-0.2, 0) is 9.53 Å². The Morgan fingerprint density at radius 3 is 2.72 bits per heavy atom. The van der Waals surface area contributed by atoms with Gasteiger partial charge in [0.05, 0.1) is 5.56 Å². The molecule has 0 saturated carbocycles. The van der Waals surface area contributed by atoms with Crippen LogP contribution in [0.5, 0.6) is 0 Å². The van der Waals surface area contributed by atoms with E-state index >= 15 is 0 Å². The summed E-state index contributed by atoms with van der Waals surface area (Å²) in [6, 6.07) is 4.35. The van der Waals surface area contributed by atoms with Crippen molar-refractivity contribution in [2.45, 2.75) is 25.9 Å². The highest BCUT2D eigenvalue weighted by Gasteiger charge is 2.23. The van der Waals surface area contributed by atoms with Gasteiger partial charge in [0.1, 0.15) is 0 Å². The van der Waals surface area contributed by atoms with Crippen molar-refractivity contribution in [3.8, 4) is 0 Å².